The summed E-state index contributed by atoms with van der Waals surface area (Å²) in [6.45, 7) is 0. The molecule has 0 saturated heterocycles. The van der Waals surface area contributed by atoms with Crippen LogP contribution in [0.5, 0.6) is 0 Å². The molecule has 0 bridgehead atoms. The fraction of sp³-hybridized carbons (Fsp3) is 0. The largest absolute Gasteiger partial charge is 0.449 e. The predicted octanol–water partition coefficient (Wildman–Crippen LogP) is 4.06. The van der Waals surface area contributed by atoms with E-state index in [1.807, 2.05) is 0 Å². The van der Waals surface area contributed by atoms with Crippen molar-refractivity contribution in [1.29, 1.82) is 0 Å². The van der Waals surface area contributed by atoms with E-state index in [1.165, 1.54) is 0 Å². The number of rotatable bonds is 0. The molecule has 0 N–H and O–H groups in total. The summed E-state index contributed by atoms with van der Waals surface area (Å²) < 4.78 is 111. The Hall–Kier alpha value is -2.65. The molecule has 0 atom stereocenters. The molecule has 0 radical (unpaired) electrons. The summed E-state index contributed by atoms with van der Waals surface area (Å²) >= 11 is 0. The van der Waals surface area contributed by atoms with Crippen molar-refractivity contribution in [3.63, 3.8) is 0 Å². The zero-order valence-electron chi connectivity index (χ0n) is 10.3. The number of hydrogen-bond acceptors (Lipinski definition) is 2. The van der Waals surface area contributed by atoms with Crippen LogP contribution in [0.1, 0.15) is 0 Å². The van der Waals surface area contributed by atoms with Gasteiger partial charge in [0.15, 0.2) is 34.4 Å². The van der Waals surface area contributed by atoms with Crippen LogP contribution in [0.2, 0.25) is 0 Å². The maximum Gasteiger partial charge on any atom is 0.206 e. The molecular weight excluding hydrogens is 340 g/mol. The molecule has 3 aromatic rings. The molecule has 3 rings (SSSR count). The molecule has 0 unspecified atom stereocenters. The molecule has 1 heterocycles. The molecule has 120 valence electrons. The number of benzene rings is 2. The summed E-state index contributed by atoms with van der Waals surface area (Å²) in [6.07, 6.45) is 0. The predicted molar refractivity (Wildman–Crippen MR) is 59.7 cm³/mol. The molecule has 0 spiro atoms. The number of hydrogen-bond donors (Lipinski definition) is 0. The molecule has 0 aliphatic carbocycles. The first-order valence-electron chi connectivity index (χ1n) is 5.62. The van der Waals surface area contributed by atoms with Gasteiger partial charge in [0, 0.05) is 0 Å². The third kappa shape index (κ3) is 1.77. The Morgan fingerprint density at radius 3 is 1.13 bits per heavy atom. The van der Waals surface area contributed by atoms with E-state index in [2.05, 4.69) is 4.42 Å². The van der Waals surface area contributed by atoms with Gasteiger partial charge in [0.1, 0.15) is 10.8 Å². The molecule has 1 aromatic heterocycles. The van der Waals surface area contributed by atoms with Gasteiger partial charge in [-0.05, 0) is 0 Å². The van der Waals surface area contributed by atoms with E-state index in [4.69, 9.17) is 0 Å². The van der Waals surface area contributed by atoms with Crippen molar-refractivity contribution in [1.82, 2.24) is 0 Å². The van der Waals surface area contributed by atoms with E-state index in [9.17, 15) is 39.9 Å². The summed E-state index contributed by atoms with van der Waals surface area (Å²) in [5.41, 5.74) is -5.15. The summed E-state index contributed by atoms with van der Waals surface area (Å²) in [4.78, 5) is 11.9. The lowest BCUT2D eigenvalue weighted by Gasteiger charge is -2.07. The van der Waals surface area contributed by atoms with Crippen LogP contribution in [-0.2, 0) is 0 Å². The maximum absolute atomic E-state index is 13.6. The van der Waals surface area contributed by atoms with Crippen LogP contribution in [-0.4, -0.2) is 0 Å². The Morgan fingerprint density at radius 2 is 0.783 bits per heavy atom. The van der Waals surface area contributed by atoms with E-state index < -0.39 is 73.9 Å². The van der Waals surface area contributed by atoms with Crippen LogP contribution in [0.4, 0.5) is 35.1 Å². The number of halogens is 8. The SMILES string of the molecule is O=c1c2c(F)c(F)c(F)c(F)c2oc2c(F)c(F)c(F)c(F)c12. The van der Waals surface area contributed by atoms with Crippen molar-refractivity contribution >= 4 is 21.9 Å². The molecule has 10 heteroatoms. The van der Waals surface area contributed by atoms with Crippen LogP contribution < -0.4 is 5.43 Å². The van der Waals surface area contributed by atoms with Crippen LogP contribution in [0.25, 0.3) is 21.9 Å². The monoisotopic (exact) mass is 340 g/mol. The molecule has 23 heavy (non-hydrogen) atoms. The Labute approximate surface area is 119 Å². The lowest BCUT2D eigenvalue weighted by atomic mass is 10.1. The second kappa shape index (κ2) is 4.67. The van der Waals surface area contributed by atoms with E-state index in [-0.39, 0.29) is 0 Å². The topological polar surface area (TPSA) is 30.2 Å². The molecular formula is C13F8O2. The van der Waals surface area contributed by atoms with Crippen molar-refractivity contribution in [2.45, 2.75) is 0 Å². The minimum Gasteiger partial charge on any atom is -0.449 e. The van der Waals surface area contributed by atoms with Gasteiger partial charge in [0.25, 0.3) is 0 Å². The first-order chi connectivity index (χ1) is 10.7. The summed E-state index contributed by atoms with van der Waals surface area (Å²) in [6, 6.07) is 0. The van der Waals surface area contributed by atoms with Crippen LogP contribution in [0.15, 0.2) is 9.21 Å². The summed E-state index contributed by atoms with van der Waals surface area (Å²) in [5.74, 6) is -18.5. The minimum absolute atomic E-state index is 1.61. The minimum atomic E-state index is -2.41. The van der Waals surface area contributed by atoms with E-state index in [0.717, 1.165) is 0 Å². The molecule has 0 saturated carbocycles. The van der Waals surface area contributed by atoms with Gasteiger partial charge in [-0.2, -0.15) is 8.78 Å². The Morgan fingerprint density at radius 1 is 0.478 bits per heavy atom. The third-order valence-electron chi connectivity index (χ3n) is 3.11. The lowest BCUT2D eigenvalue weighted by Crippen LogP contribution is -2.13. The first-order valence-corrected chi connectivity index (χ1v) is 5.62. The molecule has 2 nitrogen and oxygen atoms in total. The average Bonchev–Trinajstić information content (AvgIpc) is 2.53. The summed E-state index contributed by atoms with van der Waals surface area (Å²) in [7, 11) is 0. The Kier molecular flexibility index (Phi) is 3.10. The second-order valence-corrected chi connectivity index (χ2v) is 4.35. The van der Waals surface area contributed by atoms with Crippen LogP contribution in [0.3, 0.4) is 0 Å². The highest BCUT2D eigenvalue weighted by Crippen LogP contribution is 2.31. The van der Waals surface area contributed by atoms with Gasteiger partial charge < -0.3 is 4.42 Å². The Bertz CT molecular complexity index is 989. The highest BCUT2D eigenvalue weighted by Gasteiger charge is 2.30. The third-order valence-corrected chi connectivity index (χ3v) is 3.11. The highest BCUT2D eigenvalue weighted by molar-refractivity contribution is 5.91. The fourth-order valence-electron chi connectivity index (χ4n) is 2.05. The fourth-order valence-corrected chi connectivity index (χ4v) is 2.05. The standard InChI is InChI=1S/C13F8O2/c14-3-1-11(22)2-4(15)6(17)8(19)10(21)13(2)23-12(1)9(20)7(18)5(3)16. The molecule has 2 aromatic carbocycles. The van der Waals surface area contributed by atoms with Gasteiger partial charge in [-0.1, -0.05) is 0 Å². The Balaban J connectivity index is 2.77. The van der Waals surface area contributed by atoms with Gasteiger partial charge in [0.2, 0.25) is 28.7 Å². The first kappa shape index (κ1) is 15.3. The highest BCUT2D eigenvalue weighted by atomic mass is 19.2. The van der Waals surface area contributed by atoms with Crippen molar-refractivity contribution in [3.8, 4) is 0 Å². The van der Waals surface area contributed by atoms with Gasteiger partial charge in [-0.15, -0.1) is 0 Å². The smallest absolute Gasteiger partial charge is 0.206 e. The molecule has 0 aliphatic heterocycles. The van der Waals surface area contributed by atoms with Crippen LogP contribution in [0, 0.1) is 46.5 Å². The number of fused-ring (bicyclic) bond motifs is 2. The molecule has 0 amide bonds. The zero-order valence-corrected chi connectivity index (χ0v) is 10.3. The molecule has 0 fully saturated rings. The van der Waals surface area contributed by atoms with Crippen molar-refractivity contribution in [2.24, 2.45) is 0 Å². The van der Waals surface area contributed by atoms with Crippen molar-refractivity contribution in [3.05, 3.63) is 56.8 Å². The maximum atomic E-state index is 13.6. The van der Waals surface area contributed by atoms with Crippen molar-refractivity contribution in [2.75, 3.05) is 0 Å². The molecule has 0 aliphatic rings. The quantitative estimate of drug-likeness (QED) is 0.267. The van der Waals surface area contributed by atoms with E-state index >= 15 is 0 Å². The lowest BCUT2D eigenvalue weighted by molar-refractivity contribution is 0.400. The van der Waals surface area contributed by atoms with E-state index in [1.54, 1.807) is 0 Å². The van der Waals surface area contributed by atoms with Gasteiger partial charge in [0.05, 0.1) is 0 Å². The average molecular weight is 340 g/mol. The normalized spacial score (nSPS) is 11.7. The zero-order chi connectivity index (χ0) is 17.2. The van der Waals surface area contributed by atoms with Crippen molar-refractivity contribution < 1.29 is 39.5 Å². The van der Waals surface area contributed by atoms with Crippen LogP contribution >= 0.6 is 0 Å². The second-order valence-electron chi connectivity index (χ2n) is 4.35. The van der Waals surface area contributed by atoms with Gasteiger partial charge in [-0.25, -0.2) is 26.3 Å². The van der Waals surface area contributed by atoms with E-state index in [0.29, 0.717) is 0 Å². The van der Waals surface area contributed by atoms with Gasteiger partial charge >= 0.3 is 0 Å². The summed E-state index contributed by atoms with van der Waals surface area (Å²) in [5, 5.41) is -3.23. The van der Waals surface area contributed by atoms with Gasteiger partial charge in [-0.3, -0.25) is 4.79 Å².